The van der Waals surface area contributed by atoms with Crippen molar-refractivity contribution in [1.82, 2.24) is 4.90 Å². The Hall–Kier alpha value is -1.55. The fourth-order valence-electron chi connectivity index (χ4n) is 2.80. The number of likely N-dealkylation sites (tertiary alicyclic amines) is 1. The van der Waals surface area contributed by atoms with Gasteiger partial charge in [0.05, 0.1) is 5.92 Å². The van der Waals surface area contributed by atoms with Crippen molar-refractivity contribution < 1.29 is 14.3 Å². The summed E-state index contributed by atoms with van der Waals surface area (Å²) in [5, 5.41) is 0.659. The number of benzene rings is 1. The van der Waals surface area contributed by atoms with Crippen LogP contribution in [0.4, 0.5) is 0 Å². The lowest BCUT2D eigenvalue weighted by Crippen LogP contribution is -2.41. The number of hydrogen-bond acceptors (Lipinski definition) is 3. The molecule has 1 aliphatic carbocycles. The van der Waals surface area contributed by atoms with Crippen molar-refractivity contribution in [2.45, 2.75) is 32.6 Å². The molecule has 1 aliphatic heterocycles. The lowest BCUT2D eigenvalue weighted by molar-refractivity contribution is -0.143. The molecule has 0 radical (unpaired) electrons. The highest BCUT2D eigenvalue weighted by Crippen LogP contribution is 2.32. The smallest absolute Gasteiger partial charge is 0.314 e. The number of rotatable bonds is 3. The second-order valence-corrected chi connectivity index (χ2v) is 6.61. The summed E-state index contributed by atoms with van der Waals surface area (Å²) < 4.78 is 5.44. The molecule has 0 aromatic heterocycles. The Morgan fingerprint density at radius 3 is 2.41 bits per heavy atom. The zero-order valence-electron chi connectivity index (χ0n) is 12.7. The number of halogens is 1. The fraction of sp³-hybridized carbons (Fsp3) is 0.529. The molecule has 1 aromatic carbocycles. The highest BCUT2D eigenvalue weighted by molar-refractivity contribution is 6.31. The van der Waals surface area contributed by atoms with Crippen molar-refractivity contribution in [3.8, 4) is 5.75 Å². The maximum Gasteiger partial charge on any atom is 0.314 e. The van der Waals surface area contributed by atoms with E-state index in [2.05, 4.69) is 0 Å². The Labute approximate surface area is 135 Å². The van der Waals surface area contributed by atoms with Crippen LogP contribution in [0.1, 0.15) is 31.2 Å². The number of nitrogens with zero attached hydrogens (tertiary/aromatic N) is 1. The van der Waals surface area contributed by atoms with Gasteiger partial charge in [-0.05, 0) is 56.4 Å². The number of carbonyl (C=O) groups is 2. The Bertz CT molecular complexity index is 590. The summed E-state index contributed by atoms with van der Waals surface area (Å²) in [4.78, 5) is 26.1. The molecule has 0 N–H and O–H groups in total. The van der Waals surface area contributed by atoms with Gasteiger partial charge in [0.1, 0.15) is 5.75 Å². The number of amides is 1. The lowest BCUT2D eigenvalue weighted by atomic mass is 9.96. The zero-order valence-corrected chi connectivity index (χ0v) is 13.4. The first kappa shape index (κ1) is 15.3. The minimum atomic E-state index is -0.208. The van der Waals surface area contributed by atoms with E-state index < -0.39 is 0 Å². The molecule has 22 heavy (non-hydrogen) atoms. The number of aryl methyl sites for hydroxylation is 1. The molecule has 1 amide bonds. The van der Waals surface area contributed by atoms with Gasteiger partial charge in [-0.3, -0.25) is 9.59 Å². The van der Waals surface area contributed by atoms with Crippen LogP contribution in [-0.2, 0) is 9.59 Å². The largest absolute Gasteiger partial charge is 0.426 e. The quantitative estimate of drug-likeness (QED) is 0.634. The number of piperidine rings is 1. The third kappa shape index (κ3) is 3.43. The normalized spacial score (nSPS) is 19.1. The van der Waals surface area contributed by atoms with Crippen molar-refractivity contribution >= 4 is 23.5 Å². The monoisotopic (exact) mass is 321 g/mol. The van der Waals surface area contributed by atoms with Crippen molar-refractivity contribution in [2.24, 2.45) is 11.8 Å². The lowest BCUT2D eigenvalue weighted by Gasteiger charge is -2.31. The van der Waals surface area contributed by atoms with Crippen LogP contribution in [0.25, 0.3) is 0 Å². The molecular formula is C17H20ClNO3. The highest BCUT2D eigenvalue weighted by Gasteiger charge is 2.36. The third-order valence-corrected chi connectivity index (χ3v) is 4.84. The molecule has 4 nitrogen and oxygen atoms in total. The van der Waals surface area contributed by atoms with Crippen LogP contribution in [0.2, 0.25) is 5.02 Å². The summed E-state index contributed by atoms with van der Waals surface area (Å²) in [7, 11) is 0. The molecular weight excluding hydrogens is 302 g/mol. The molecule has 2 fully saturated rings. The Morgan fingerprint density at radius 1 is 1.14 bits per heavy atom. The highest BCUT2D eigenvalue weighted by atomic mass is 35.5. The van der Waals surface area contributed by atoms with Gasteiger partial charge >= 0.3 is 5.97 Å². The van der Waals surface area contributed by atoms with E-state index in [-0.39, 0.29) is 23.7 Å². The van der Waals surface area contributed by atoms with Crippen LogP contribution in [0.5, 0.6) is 5.75 Å². The van der Waals surface area contributed by atoms with Gasteiger partial charge in [0.25, 0.3) is 0 Å². The first-order valence-electron chi connectivity index (χ1n) is 7.81. The summed E-state index contributed by atoms with van der Waals surface area (Å²) in [5.74, 6) is 0.712. The van der Waals surface area contributed by atoms with Crippen LogP contribution in [0, 0.1) is 18.8 Å². The summed E-state index contributed by atoms with van der Waals surface area (Å²) in [6, 6.07) is 5.21. The molecule has 0 atom stereocenters. The van der Waals surface area contributed by atoms with Crippen molar-refractivity contribution in [3.63, 3.8) is 0 Å². The van der Waals surface area contributed by atoms with E-state index in [0.717, 1.165) is 18.4 Å². The zero-order chi connectivity index (χ0) is 15.7. The van der Waals surface area contributed by atoms with Crippen LogP contribution < -0.4 is 4.74 Å². The van der Waals surface area contributed by atoms with E-state index in [4.69, 9.17) is 16.3 Å². The standard InChI is InChI=1S/C17H20ClNO3/c1-11-10-14(4-5-15(11)18)22-17(21)13-6-8-19(9-7-13)16(20)12-2-3-12/h4-5,10,12-13H,2-3,6-9H2,1H3. The Morgan fingerprint density at radius 2 is 1.82 bits per heavy atom. The summed E-state index contributed by atoms with van der Waals surface area (Å²) >= 11 is 5.96. The third-order valence-electron chi connectivity index (χ3n) is 4.41. The van der Waals surface area contributed by atoms with Gasteiger partial charge in [-0.2, -0.15) is 0 Å². The predicted octanol–water partition coefficient (Wildman–Crippen LogP) is 3.20. The maximum absolute atomic E-state index is 12.2. The Kier molecular flexibility index (Phi) is 4.39. The minimum absolute atomic E-state index is 0.126. The van der Waals surface area contributed by atoms with Gasteiger partial charge in [0.15, 0.2) is 0 Å². The molecule has 2 aliphatic rings. The van der Waals surface area contributed by atoms with Crippen molar-refractivity contribution in [3.05, 3.63) is 28.8 Å². The van der Waals surface area contributed by atoms with E-state index in [1.807, 2.05) is 11.8 Å². The van der Waals surface area contributed by atoms with E-state index in [1.54, 1.807) is 18.2 Å². The van der Waals surface area contributed by atoms with E-state index in [0.29, 0.717) is 36.7 Å². The molecule has 5 heteroatoms. The van der Waals surface area contributed by atoms with Crippen LogP contribution >= 0.6 is 11.6 Å². The topological polar surface area (TPSA) is 46.6 Å². The van der Waals surface area contributed by atoms with Gasteiger partial charge in [0, 0.05) is 24.0 Å². The molecule has 118 valence electrons. The van der Waals surface area contributed by atoms with Crippen LogP contribution in [-0.4, -0.2) is 29.9 Å². The maximum atomic E-state index is 12.2. The minimum Gasteiger partial charge on any atom is -0.426 e. The van der Waals surface area contributed by atoms with Crippen molar-refractivity contribution in [1.29, 1.82) is 0 Å². The number of esters is 1. The van der Waals surface area contributed by atoms with Gasteiger partial charge in [-0.25, -0.2) is 0 Å². The van der Waals surface area contributed by atoms with E-state index >= 15 is 0 Å². The molecule has 3 rings (SSSR count). The number of hydrogen-bond donors (Lipinski definition) is 0. The predicted molar refractivity (Wildman–Crippen MR) is 83.9 cm³/mol. The number of ether oxygens (including phenoxy) is 1. The SMILES string of the molecule is Cc1cc(OC(=O)C2CCN(C(=O)C3CC3)CC2)ccc1Cl. The van der Waals surface area contributed by atoms with E-state index in [9.17, 15) is 9.59 Å². The summed E-state index contributed by atoms with van der Waals surface area (Å²) in [5.41, 5.74) is 0.886. The average molecular weight is 322 g/mol. The average Bonchev–Trinajstić information content (AvgIpc) is 3.35. The van der Waals surface area contributed by atoms with Gasteiger partial charge in [-0.15, -0.1) is 0 Å². The van der Waals surface area contributed by atoms with E-state index in [1.165, 1.54) is 0 Å². The first-order valence-corrected chi connectivity index (χ1v) is 8.19. The molecule has 0 bridgehead atoms. The second kappa shape index (κ2) is 6.29. The fourth-order valence-corrected chi connectivity index (χ4v) is 2.92. The molecule has 1 heterocycles. The van der Waals surface area contributed by atoms with Crippen molar-refractivity contribution in [2.75, 3.05) is 13.1 Å². The molecule has 1 aromatic rings. The molecule has 0 spiro atoms. The summed E-state index contributed by atoms with van der Waals surface area (Å²) in [6.07, 6.45) is 3.42. The van der Waals surface area contributed by atoms with Gasteiger partial charge < -0.3 is 9.64 Å². The molecule has 0 unspecified atom stereocenters. The van der Waals surface area contributed by atoms with Crippen LogP contribution in [0.15, 0.2) is 18.2 Å². The van der Waals surface area contributed by atoms with Crippen LogP contribution in [0.3, 0.4) is 0 Å². The Balaban J connectivity index is 1.53. The molecule has 1 saturated carbocycles. The first-order chi connectivity index (χ1) is 10.5. The van der Waals surface area contributed by atoms with Gasteiger partial charge in [-0.1, -0.05) is 11.6 Å². The second-order valence-electron chi connectivity index (χ2n) is 6.21. The van der Waals surface area contributed by atoms with Gasteiger partial charge in [0.2, 0.25) is 5.91 Å². The summed E-state index contributed by atoms with van der Waals surface area (Å²) in [6.45, 7) is 3.20. The number of carbonyl (C=O) groups excluding carboxylic acids is 2. The molecule has 1 saturated heterocycles.